The number of nitrogens with zero attached hydrogens (tertiary/aromatic N) is 1. The zero-order valence-corrected chi connectivity index (χ0v) is 24.8. The molecule has 202 valence electrons. The van der Waals surface area contributed by atoms with Crippen molar-refractivity contribution in [1.82, 2.24) is 4.44 Å². The minimum atomic E-state index is -1.41. The van der Waals surface area contributed by atoms with Gasteiger partial charge in [0.2, 0.25) is 0 Å². The lowest BCUT2D eigenvalue weighted by molar-refractivity contribution is 0.617. The average molecular weight is 560 g/mol. The van der Waals surface area contributed by atoms with Crippen LogP contribution in [0.4, 0.5) is 8.78 Å². The molecule has 0 amide bonds. The van der Waals surface area contributed by atoms with Gasteiger partial charge in [-0.1, -0.05) is 97.3 Å². The Balaban J connectivity index is 1.71. The number of hydrogen-bond donors (Lipinski definition) is 0. The molecular formula is C34H37F2NP2. The lowest BCUT2D eigenvalue weighted by Gasteiger charge is -2.42. The van der Waals surface area contributed by atoms with Crippen molar-refractivity contribution in [2.45, 2.75) is 57.8 Å². The molecule has 2 unspecified atom stereocenters. The van der Waals surface area contributed by atoms with Gasteiger partial charge < -0.3 is 0 Å². The highest BCUT2D eigenvalue weighted by atomic mass is 31.2. The van der Waals surface area contributed by atoms with E-state index in [0.29, 0.717) is 21.9 Å². The molecule has 1 heterocycles. The molecule has 1 fully saturated rings. The second kappa shape index (κ2) is 12.8. The minimum Gasteiger partial charge on any atom is -0.251 e. The Morgan fingerprint density at radius 3 is 1.54 bits per heavy atom. The lowest BCUT2D eigenvalue weighted by Crippen LogP contribution is -2.30. The first kappa shape index (κ1) is 28.1. The van der Waals surface area contributed by atoms with Crippen LogP contribution in [0.2, 0.25) is 0 Å². The third kappa shape index (κ3) is 6.17. The van der Waals surface area contributed by atoms with Gasteiger partial charge in [-0.05, 0) is 76.6 Å². The van der Waals surface area contributed by atoms with E-state index < -0.39 is 16.1 Å². The van der Waals surface area contributed by atoms with E-state index >= 15 is 8.78 Å². The summed E-state index contributed by atoms with van der Waals surface area (Å²) in [7, 11) is -2.21. The van der Waals surface area contributed by atoms with Gasteiger partial charge >= 0.3 is 0 Å². The maximum atomic E-state index is 15.6. The van der Waals surface area contributed by atoms with Crippen LogP contribution in [0.25, 0.3) is 0 Å². The first-order chi connectivity index (χ1) is 19.0. The molecule has 0 bridgehead atoms. The number of aryl methyl sites for hydroxylation is 2. The minimum absolute atomic E-state index is 0.249. The monoisotopic (exact) mass is 559 g/mol. The van der Waals surface area contributed by atoms with Gasteiger partial charge in [0.15, 0.2) is 0 Å². The molecule has 39 heavy (non-hydrogen) atoms. The molecule has 2 atom stereocenters. The van der Waals surface area contributed by atoms with Crippen molar-refractivity contribution in [3.8, 4) is 0 Å². The van der Waals surface area contributed by atoms with Crippen LogP contribution in [0, 0.1) is 25.5 Å². The molecule has 0 spiro atoms. The van der Waals surface area contributed by atoms with E-state index in [4.69, 9.17) is 0 Å². The van der Waals surface area contributed by atoms with Crippen LogP contribution in [0.3, 0.4) is 0 Å². The molecule has 0 N–H and O–H groups in total. The van der Waals surface area contributed by atoms with Gasteiger partial charge in [0.25, 0.3) is 0 Å². The summed E-state index contributed by atoms with van der Waals surface area (Å²) in [6.45, 7) is 7.27. The van der Waals surface area contributed by atoms with Crippen LogP contribution in [-0.2, 0) is 0 Å². The molecule has 0 aliphatic carbocycles. The molecule has 1 aliphatic heterocycles. The smallest absolute Gasteiger partial charge is 0.132 e. The second-order valence-corrected chi connectivity index (χ2v) is 15.3. The Kier molecular flexibility index (Phi) is 9.24. The average Bonchev–Trinajstić information content (AvgIpc) is 3.38. The molecule has 5 heteroatoms. The summed E-state index contributed by atoms with van der Waals surface area (Å²) in [5.41, 5.74) is 5.87. The highest BCUT2D eigenvalue weighted by molar-refractivity contribution is 7.79. The van der Waals surface area contributed by atoms with E-state index in [2.05, 4.69) is 73.7 Å². The fraction of sp³-hybridized carbons (Fsp3) is 0.294. The number of unbranched alkanes of at least 4 members (excludes halogenated alkanes) is 1. The van der Waals surface area contributed by atoms with Crippen molar-refractivity contribution in [1.29, 1.82) is 0 Å². The summed E-state index contributed by atoms with van der Waals surface area (Å²) in [6, 6.07) is 32.0. The fourth-order valence-electron chi connectivity index (χ4n) is 5.58. The topological polar surface area (TPSA) is 3.24 Å². The van der Waals surface area contributed by atoms with Gasteiger partial charge in [-0.15, -0.1) is 0 Å². The van der Waals surface area contributed by atoms with Crippen molar-refractivity contribution in [2.24, 2.45) is 0 Å². The zero-order chi connectivity index (χ0) is 27.4. The van der Waals surface area contributed by atoms with Crippen LogP contribution in [-0.4, -0.2) is 11.0 Å². The summed E-state index contributed by atoms with van der Waals surface area (Å²) in [6.07, 6.45) is 4.17. The van der Waals surface area contributed by atoms with Crippen molar-refractivity contribution < 1.29 is 8.78 Å². The van der Waals surface area contributed by atoms with E-state index in [9.17, 15) is 0 Å². The second-order valence-electron chi connectivity index (χ2n) is 10.5. The quantitative estimate of drug-likeness (QED) is 0.185. The van der Waals surface area contributed by atoms with Gasteiger partial charge in [0, 0.05) is 36.5 Å². The summed E-state index contributed by atoms with van der Waals surface area (Å²) >= 11 is 0. The van der Waals surface area contributed by atoms with Gasteiger partial charge in [-0.3, -0.25) is 4.44 Å². The van der Waals surface area contributed by atoms with Crippen LogP contribution >= 0.6 is 16.1 Å². The van der Waals surface area contributed by atoms with E-state index in [0.717, 1.165) is 32.2 Å². The van der Waals surface area contributed by atoms with E-state index in [1.165, 1.54) is 34.4 Å². The summed E-state index contributed by atoms with van der Waals surface area (Å²) < 4.78 is 33.8. The molecule has 0 radical (unpaired) electrons. The standard InChI is InChI=1S/C34H37F2NP2/c1-4-5-24-37(39(33-12-8-6-10-29(33)35)34-13-9-7-11-30(34)36)38-31(27-18-14-25(2)15-19-27)22-23-32(38)28-20-16-26(3)17-21-28/h6-21,31-32H,4-5,22-24H2,1-3H3. The highest BCUT2D eigenvalue weighted by Crippen LogP contribution is 2.76. The van der Waals surface area contributed by atoms with E-state index in [1.807, 2.05) is 24.3 Å². The molecule has 1 aliphatic rings. The van der Waals surface area contributed by atoms with Crippen LogP contribution in [0.1, 0.15) is 66.2 Å². The van der Waals surface area contributed by atoms with Crippen molar-refractivity contribution >= 4 is 26.8 Å². The molecule has 1 nitrogen and oxygen atoms in total. The Labute approximate surface area is 234 Å². The predicted octanol–water partition coefficient (Wildman–Crippen LogP) is 9.70. The molecule has 4 aromatic rings. The third-order valence-electron chi connectivity index (χ3n) is 7.65. The first-order valence-electron chi connectivity index (χ1n) is 14.0. The predicted molar refractivity (Wildman–Crippen MR) is 165 cm³/mol. The lowest BCUT2D eigenvalue weighted by atomic mass is 10.0. The molecular weight excluding hydrogens is 522 g/mol. The van der Waals surface area contributed by atoms with E-state index in [1.54, 1.807) is 12.1 Å². The Hall–Kier alpha value is -2.44. The number of rotatable bonds is 9. The van der Waals surface area contributed by atoms with Gasteiger partial charge in [-0.2, -0.15) is 0 Å². The van der Waals surface area contributed by atoms with E-state index in [-0.39, 0.29) is 11.6 Å². The number of halogens is 2. The van der Waals surface area contributed by atoms with Crippen molar-refractivity contribution in [3.05, 3.63) is 131 Å². The highest BCUT2D eigenvalue weighted by Gasteiger charge is 2.44. The maximum absolute atomic E-state index is 15.6. The van der Waals surface area contributed by atoms with Crippen LogP contribution < -0.4 is 10.6 Å². The largest absolute Gasteiger partial charge is 0.251 e. The van der Waals surface area contributed by atoms with Gasteiger partial charge in [0.1, 0.15) is 11.6 Å². The Morgan fingerprint density at radius 2 is 1.13 bits per heavy atom. The van der Waals surface area contributed by atoms with Crippen LogP contribution in [0.15, 0.2) is 97.1 Å². The molecule has 4 aromatic carbocycles. The molecule has 0 aromatic heterocycles. The van der Waals surface area contributed by atoms with Crippen molar-refractivity contribution in [3.63, 3.8) is 0 Å². The number of hydrogen-bond acceptors (Lipinski definition) is 1. The summed E-state index contributed by atoms with van der Waals surface area (Å²) in [5.74, 6) is -0.498. The zero-order valence-electron chi connectivity index (χ0n) is 23.0. The molecule has 1 saturated heterocycles. The number of benzene rings is 4. The first-order valence-corrected chi connectivity index (χ1v) is 16.7. The van der Waals surface area contributed by atoms with Gasteiger partial charge in [0.05, 0.1) is 0 Å². The SMILES string of the molecule is CCCCN(P(c1ccccc1F)c1ccccc1F)P1C(c2ccc(C)cc2)CCC1c1ccc(C)cc1. The normalized spacial score (nSPS) is 19.2. The maximum Gasteiger partial charge on any atom is 0.132 e. The Bertz CT molecular complexity index is 1270. The summed E-state index contributed by atoms with van der Waals surface area (Å²) in [5, 5.41) is 1.24. The van der Waals surface area contributed by atoms with Gasteiger partial charge in [-0.25, -0.2) is 8.78 Å². The molecule has 5 rings (SSSR count). The fourth-order valence-corrected chi connectivity index (χ4v) is 13.1. The summed E-state index contributed by atoms with van der Waals surface area (Å²) in [4.78, 5) is 0. The molecule has 0 saturated carbocycles. The van der Waals surface area contributed by atoms with Crippen molar-refractivity contribution in [2.75, 3.05) is 6.54 Å². The third-order valence-corrected chi connectivity index (χ3v) is 14.2. The Morgan fingerprint density at radius 1 is 0.692 bits per heavy atom. The van der Waals surface area contributed by atoms with Crippen LogP contribution in [0.5, 0.6) is 0 Å².